The summed E-state index contributed by atoms with van der Waals surface area (Å²) in [5.41, 5.74) is 2.30. The lowest BCUT2D eigenvalue weighted by molar-refractivity contribution is -0.00204. The van der Waals surface area contributed by atoms with E-state index in [0.29, 0.717) is 25.9 Å². The van der Waals surface area contributed by atoms with Gasteiger partial charge in [0.25, 0.3) is 5.91 Å². The SMILES string of the molecule is Cc1ccc(C)c(C(=O)N2CCC(C)(O)CC2)c1. The van der Waals surface area contributed by atoms with Gasteiger partial charge in [0, 0.05) is 18.7 Å². The molecule has 1 amide bonds. The van der Waals surface area contributed by atoms with Crippen molar-refractivity contribution < 1.29 is 9.90 Å². The summed E-state index contributed by atoms with van der Waals surface area (Å²) >= 11 is 0. The summed E-state index contributed by atoms with van der Waals surface area (Å²) in [6.45, 7) is 7.08. The summed E-state index contributed by atoms with van der Waals surface area (Å²) < 4.78 is 0. The zero-order chi connectivity index (χ0) is 13.3. The first-order valence-corrected chi connectivity index (χ1v) is 6.48. The third-order valence-electron chi connectivity index (χ3n) is 3.75. The minimum absolute atomic E-state index is 0.0895. The molecule has 0 saturated carbocycles. The number of hydrogen-bond acceptors (Lipinski definition) is 2. The summed E-state index contributed by atoms with van der Waals surface area (Å²) in [6, 6.07) is 5.96. The van der Waals surface area contributed by atoms with E-state index in [0.717, 1.165) is 16.7 Å². The summed E-state index contributed by atoms with van der Waals surface area (Å²) in [5.74, 6) is 0.0895. The Balaban J connectivity index is 2.15. The van der Waals surface area contributed by atoms with Crippen LogP contribution in [0.3, 0.4) is 0 Å². The molecule has 0 radical (unpaired) electrons. The van der Waals surface area contributed by atoms with Gasteiger partial charge in [-0.25, -0.2) is 0 Å². The molecular weight excluding hydrogens is 226 g/mol. The van der Waals surface area contributed by atoms with Crippen LogP contribution in [0.4, 0.5) is 0 Å². The monoisotopic (exact) mass is 247 g/mol. The molecule has 1 heterocycles. The zero-order valence-corrected chi connectivity index (χ0v) is 11.4. The Morgan fingerprint density at radius 2 is 1.89 bits per heavy atom. The number of carbonyl (C=O) groups is 1. The molecule has 1 aliphatic heterocycles. The highest BCUT2D eigenvalue weighted by molar-refractivity contribution is 5.95. The number of hydrogen-bond donors (Lipinski definition) is 1. The van der Waals surface area contributed by atoms with E-state index in [4.69, 9.17) is 0 Å². The molecular formula is C15H21NO2. The van der Waals surface area contributed by atoms with Gasteiger partial charge in [-0.05, 0) is 45.2 Å². The Morgan fingerprint density at radius 1 is 1.28 bits per heavy atom. The molecule has 0 bridgehead atoms. The molecule has 2 rings (SSSR count). The second kappa shape index (κ2) is 4.73. The summed E-state index contributed by atoms with van der Waals surface area (Å²) in [6.07, 6.45) is 1.31. The van der Waals surface area contributed by atoms with Crippen LogP contribution < -0.4 is 0 Å². The van der Waals surface area contributed by atoms with E-state index < -0.39 is 5.60 Å². The van der Waals surface area contributed by atoms with Crippen molar-refractivity contribution in [3.05, 3.63) is 34.9 Å². The molecule has 3 nitrogen and oxygen atoms in total. The van der Waals surface area contributed by atoms with Crippen molar-refractivity contribution in [3.63, 3.8) is 0 Å². The molecule has 18 heavy (non-hydrogen) atoms. The predicted molar refractivity (Wildman–Crippen MR) is 71.7 cm³/mol. The number of amides is 1. The standard InChI is InChI=1S/C15H21NO2/c1-11-4-5-12(2)13(10-11)14(17)16-8-6-15(3,18)7-9-16/h4-5,10,18H,6-9H2,1-3H3. The lowest BCUT2D eigenvalue weighted by Crippen LogP contribution is -2.45. The van der Waals surface area contributed by atoms with Gasteiger partial charge in [0.15, 0.2) is 0 Å². The van der Waals surface area contributed by atoms with Gasteiger partial charge in [-0.1, -0.05) is 17.7 Å². The Kier molecular flexibility index (Phi) is 3.44. The molecule has 1 saturated heterocycles. The molecule has 1 aromatic carbocycles. The van der Waals surface area contributed by atoms with E-state index in [1.165, 1.54) is 0 Å². The fourth-order valence-corrected chi connectivity index (χ4v) is 2.33. The maximum absolute atomic E-state index is 12.4. The van der Waals surface area contributed by atoms with Gasteiger partial charge in [-0.15, -0.1) is 0 Å². The first-order valence-electron chi connectivity index (χ1n) is 6.48. The van der Waals surface area contributed by atoms with Crippen LogP contribution in [0.1, 0.15) is 41.3 Å². The number of piperidine rings is 1. The Hall–Kier alpha value is -1.35. The molecule has 0 aromatic heterocycles. The number of benzene rings is 1. The van der Waals surface area contributed by atoms with Crippen LogP contribution >= 0.6 is 0 Å². The third kappa shape index (κ3) is 2.72. The number of carbonyl (C=O) groups excluding carboxylic acids is 1. The highest BCUT2D eigenvalue weighted by atomic mass is 16.3. The van der Waals surface area contributed by atoms with Crippen molar-refractivity contribution in [3.8, 4) is 0 Å². The Morgan fingerprint density at radius 3 is 2.50 bits per heavy atom. The van der Waals surface area contributed by atoms with Gasteiger partial charge < -0.3 is 10.0 Å². The second-order valence-corrected chi connectivity index (χ2v) is 5.61. The molecule has 1 aromatic rings. The Labute approximate surface area is 108 Å². The highest BCUT2D eigenvalue weighted by Gasteiger charge is 2.30. The molecule has 0 unspecified atom stereocenters. The summed E-state index contributed by atoms with van der Waals surface area (Å²) in [4.78, 5) is 14.3. The van der Waals surface area contributed by atoms with Crippen LogP contribution in [0.2, 0.25) is 0 Å². The molecule has 0 atom stereocenters. The number of nitrogens with zero attached hydrogens (tertiary/aromatic N) is 1. The maximum atomic E-state index is 12.4. The molecule has 3 heteroatoms. The number of aryl methyl sites for hydroxylation is 2. The number of aliphatic hydroxyl groups is 1. The molecule has 1 N–H and O–H groups in total. The molecule has 1 aliphatic rings. The van der Waals surface area contributed by atoms with Crippen molar-refractivity contribution in [1.29, 1.82) is 0 Å². The Bertz CT molecular complexity index is 456. The quantitative estimate of drug-likeness (QED) is 0.827. The number of rotatable bonds is 1. The lowest BCUT2D eigenvalue weighted by atomic mass is 9.93. The first kappa shape index (κ1) is 13.1. The van der Waals surface area contributed by atoms with Gasteiger partial charge in [-0.3, -0.25) is 4.79 Å². The van der Waals surface area contributed by atoms with Gasteiger partial charge >= 0.3 is 0 Å². The lowest BCUT2D eigenvalue weighted by Gasteiger charge is -2.36. The fourth-order valence-electron chi connectivity index (χ4n) is 2.33. The van der Waals surface area contributed by atoms with Crippen LogP contribution in [-0.4, -0.2) is 34.6 Å². The minimum Gasteiger partial charge on any atom is -0.390 e. The molecule has 0 spiro atoms. The van der Waals surface area contributed by atoms with Gasteiger partial charge in [0.05, 0.1) is 5.60 Å². The maximum Gasteiger partial charge on any atom is 0.254 e. The minimum atomic E-state index is -0.613. The largest absolute Gasteiger partial charge is 0.390 e. The van der Waals surface area contributed by atoms with Crippen LogP contribution in [0.15, 0.2) is 18.2 Å². The second-order valence-electron chi connectivity index (χ2n) is 5.61. The van der Waals surface area contributed by atoms with Crippen LogP contribution in [0, 0.1) is 13.8 Å². The van der Waals surface area contributed by atoms with Crippen molar-refractivity contribution in [2.75, 3.05) is 13.1 Å². The summed E-state index contributed by atoms with van der Waals surface area (Å²) in [5, 5.41) is 9.91. The normalized spacial score (nSPS) is 18.8. The number of likely N-dealkylation sites (tertiary alicyclic amines) is 1. The smallest absolute Gasteiger partial charge is 0.254 e. The van der Waals surface area contributed by atoms with Crippen molar-refractivity contribution in [2.24, 2.45) is 0 Å². The predicted octanol–water partition coefficient (Wildman–Crippen LogP) is 2.29. The fraction of sp³-hybridized carbons (Fsp3) is 0.533. The average molecular weight is 247 g/mol. The van der Waals surface area contributed by atoms with E-state index in [2.05, 4.69) is 0 Å². The first-order chi connectivity index (χ1) is 8.39. The van der Waals surface area contributed by atoms with Crippen LogP contribution in [-0.2, 0) is 0 Å². The van der Waals surface area contributed by atoms with Crippen molar-refractivity contribution in [2.45, 2.75) is 39.2 Å². The van der Waals surface area contributed by atoms with Crippen LogP contribution in [0.5, 0.6) is 0 Å². The topological polar surface area (TPSA) is 40.5 Å². The highest BCUT2D eigenvalue weighted by Crippen LogP contribution is 2.23. The van der Waals surface area contributed by atoms with E-state index >= 15 is 0 Å². The third-order valence-corrected chi connectivity index (χ3v) is 3.75. The van der Waals surface area contributed by atoms with Crippen molar-refractivity contribution >= 4 is 5.91 Å². The van der Waals surface area contributed by atoms with Gasteiger partial charge in [0.1, 0.15) is 0 Å². The zero-order valence-electron chi connectivity index (χ0n) is 11.4. The van der Waals surface area contributed by atoms with E-state index in [-0.39, 0.29) is 5.91 Å². The van der Waals surface area contributed by atoms with E-state index in [9.17, 15) is 9.90 Å². The molecule has 98 valence electrons. The molecule has 0 aliphatic carbocycles. The van der Waals surface area contributed by atoms with Gasteiger partial charge in [-0.2, -0.15) is 0 Å². The molecule has 1 fully saturated rings. The summed E-state index contributed by atoms with van der Waals surface area (Å²) in [7, 11) is 0. The van der Waals surface area contributed by atoms with E-state index in [1.807, 2.05) is 43.9 Å². The van der Waals surface area contributed by atoms with E-state index in [1.54, 1.807) is 0 Å². The van der Waals surface area contributed by atoms with Crippen LogP contribution in [0.25, 0.3) is 0 Å². The van der Waals surface area contributed by atoms with Gasteiger partial charge in [0.2, 0.25) is 0 Å². The van der Waals surface area contributed by atoms with Crippen molar-refractivity contribution in [1.82, 2.24) is 4.90 Å². The average Bonchev–Trinajstić information content (AvgIpc) is 2.31.